The third kappa shape index (κ3) is 4.42. The first-order valence-electron chi connectivity index (χ1n) is 8.15. The van der Waals surface area contributed by atoms with Crippen molar-refractivity contribution in [3.63, 3.8) is 0 Å². The number of carbonyl (C=O) groups excluding carboxylic acids is 1. The molecule has 0 radical (unpaired) electrons. The van der Waals surface area contributed by atoms with Gasteiger partial charge in [0.15, 0.2) is 17.5 Å². The molecule has 1 aromatic rings. The van der Waals surface area contributed by atoms with Crippen molar-refractivity contribution in [2.45, 2.75) is 38.1 Å². The van der Waals surface area contributed by atoms with Gasteiger partial charge in [-0.3, -0.25) is 4.79 Å². The fourth-order valence-corrected chi connectivity index (χ4v) is 2.88. The molecule has 0 bridgehead atoms. The van der Waals surface area contributed by atoms with Gasteiger partial charge in [-0.2, -0.15) is 0 Å². The standard InChI is InChI=1S/C18H27NO6/c1-6-18(7-2,17(22)19-13(11-23-3)16(20)21)12-8-9-14(24-4)15(10-12)25-5/h8-10,13H,6-7,11H2,1-5H3,(H,19,22)(H,20,21). The molecule has 0 saturated heterocycles. The van der Waals surface area contributed by atoms with E-state index in [4.69, 9.17) is 14.2 Å². The zero-order chi connectivity index (χ0) is 19.0. The molecule has 1 rings (SSSR count). The number of amides is 1. The Morgan fingerprint density at radius 3 is 2.16 bits per heavy atom. The molecule has 0 fully saturated rings. The number of aliphatic carboxylic acids is 1. The molecule has 1 unspecified atom stereocenters. The molecule has 7 nitrogen and oxygen atoms in total. The summed E-state index contributed by atoms with van der Waals surface area (Å²) in [7, 11) is 4.46. The van der Waals surface area contributed by atoms with Crippen LogP contribution in [0, 0.1) is 0 Å². The van der Waals surface area contributed by atoms with Gasteiger partial charge in [0.1, 0.15) is 0 Å². The number of nitrogens with one attached hydrogen (secondary N) is 1. The lowest BCUT2D eigenvalue weighted by Crippen LogP contribution is -2.52. The average Bonchev–Trinajstić information content (AvgIpc) is 2.62. The summed E-state index contributed by atoms with van der Waals surface area (Å²) >= 11 is 0. The topological polar surface area (TPSA) is 94.1 Å². The van der Waals surface area contributed by atoms with E-state index in [1.807, 2.05) is 13.8 Å². The fraction of sp³-hybridized carbons (Fsp3) is 0.556. The molecule has 0 aliphatic carbocycles. The van der Waals surface area contributed by atoms with Crippen LogP contribution in [0.1, 0.15) is 32.3 Å². The van der Waals surface area contributed by atoms with E-state index in [0.717, 1.165) is 5.56 Å². The number of methoxy groups -OCH3 is 3. The molecule has 25 heavy (non-hydrogen) atoms. The van der Waals surface area contributed by atoms with Gasteiger partial charge in [-0.05, 0) is 30.5 Å². The van der Waals surface area contributed by atoms with Crippen LogP contribution < -0.4 is 14.8 Å². The van der Waals surface area contributed by atoms with Crippen LogP contribution in [0.3, 0.4) is 0 Å². The van der Waals surface area contributed by atoms with Crippen molar-refractivity contribution >= 4 is 11.9 Å². The smallest absolute Gasteiger partial charge is 0.328 e. The highest BCUT2D eigenvalue weighted by Gasteiger charge is 2.39. The summed E-state index contributed by atoms with van der Waals surface area (Å²) in [6.07, 6.45) is 1.01. The number of benzene rings is 1. The zero-order valence-electron chi connectivity index (χ0n) is 15.4. The molecule has 140 valence electrons. The predicted octanol–water partition coefficient (Wildman–Crippen LogP) is 1.98. The highest BCUT2D eigenvalue weighted by molar-refractivity contribution is 5.91. The Balaban J connectivity index is 3.27. The van der Waals surface area contributed by atoms with Crippen molar-refractivity contribution in [3.8, 4) is 11.5 Å². The quantitative estimate of drug-likeness (QED) is 0.668. The van der Waals surface area contributed by atoms with Gasteiger partial charge in [0.05, 0.1) is 26.2 Å². The Hall–Kier alpha value is -2.28. The Morgan fingerprint density at radius 2 is 1.72 bits per heavy atom. The predicted molar refractivity (Wildman–Crippen MR) is 93.2 cm³/mol. The molecule has 0 aliphatic heterocycles. The number of rotatable bonds is 10. The van der Waals surface area contributed by atoms with Gasteiger partial charge in [0.25, 0.3) is 0 Å². The van der Waals surface area contributed by atoms with Crippen molar-refractivity contribution in [2.75, 3.05) is 27.9 Å². The molecule has 0 heterocycles. The van der Waals surface area contributed by atoms with E-state index in [-0.39, 0.29) is 12.5 Å². The van der Waals surface area contributed by atoms with E-state index in [2.05, 4.69) is 5.32 Å². The van der Waals surface area contributed by atoms with Gasteiger partial charge in [-0.15, -0.1) is 0 Å². The Kier molecular flexibility index (Phi) is 7.70. The third-order valence-corrected chi connectivity index (χ3v) is 4.51. The highest BCUT2D eigenvalue weighted by atomic mass is 16.5. The van der Waals surface area contributed by atoms with E-state index in [0.29, 0.717) is 24.3 Å². The lowest BCUT2D eigenvalue weighted by atomic mass is 9.74. The van der Waals surface area contributed by atoms with Crippen LogP contribution in [-0.4, -0.2) is 51.0 Å². The molecular weight excluding hydrogens is 326 g/mol. The maximum atomic E-state index is 13.0. The van der Waals surface area contributed by atoms with Crippen molar-refractivity contribution in [1.82, 2.24) is 5.32 Å². The van der Waals surface area contributed by atoms with Crippen LogP contribution in [0.4, 0.5) is 0 Å². The van der Waals surface area contributed by atoms with Gasteiger partial charge in [-0.1, -0.05) is 19.9 Å². The summed E-state index contributed by atoms with van der Waals surface area (Å²) in [5, 5.41) is 11.8. The van der Waals surface area contributed by atoms with E-state index in [1.165, 1.54) is 14.2 Å². The number of carbonyl (C=O) groups is 2. The molecule has 1 atom stereocenters. The minimum Gasteiger partial charge on any atom is -0.493 e. The SMILES string of the molecule is CCC(CC)(C(=O)NC(COC)C(=O)O)c1ccc(OC)c(OC)c1. The van der Waals surface area contributed by atoms with E-state index in [1.54, 1.807) is 25.3 Å². The fourth-order valence-electron chi connectivity index (χ4n) is 2.88. The molecule has 1 aromatic carbocycles. The third-order valence-electron chi connectivity index (χ3n) is 4.51. The minimum absolute atomic E-state index is 0.101. The number of carboxylic acids is 1. The summed E-state index contributed by atoms with van der Waals surface area (Å²) in [6, 6.07) is 4.21. The van der Waals surface area contributed by atoms with Gasteiger partial charge in [0, 0.05) is 7.11 Å². The molecule has 1 amide bonds. The summed E-state index contributed by atoms with van der Waals surface area (Å²) in [6.45, 7) is 3.69. The number of hydrogen-bond donors (Lipinski definition) is 2. The first-order chi connectivity index (χ1) is 11.9. The van der Waals surface area contributed by atoms with E-state index < -0.39 is 17.4 Å². The Labute approximate surface area is 148 Å². The van der Waals surface area contributed by atoms with Gasteiger partial charge in [-0.25, -0.2) is 4.79 Å². The second kappa shape index (κ2) is 9.27. The molecular formula is C18H27NO6. The minimum atomic E-state index is -1.14. The average molecular weight is 353 g/mol. The normalized spacial score (nSPS) is 12.4. The largest absolute Gasteiger partial charge is 0.493 e. The van der Waals surface area contributed by atoms with Crippen LogP contribution in [-0.2, 0) is 19.7 Å². The number of ether oxygens (including phenoxy) is 3. The summed E-state index contributed by atoms with van der Waals surface area (Å²) < 4.78 is 15.5. The first kappa shape index (κ1) is 20.8. The monoisotopic (exact) mass is 353 g/mol. The summed E-state index contributed by atoms with van der Waals surface area (Å²) in [5.41, 5.74) is -0.129. The highest BCUT2D eigenvalue weighted by Crippen LogP contribution is 2.37. The van der Waals surface area contributed by atoms with Gasteiger partial charge >= 0.3 is 5.97 Å². The van der Waals surface area contributed by atoms with Crippen LogP contribution in [0.15, 0.2) is 18.2 Å². The molecule has 2 N–H and O–H groups in total. The lowest BCUT2D eigenvalue weighted by Gasteiger charge is -2.32. The second-order valence-corrected chi connectivity index (χ2v) is 5.68. The van der Waals surface area contributed by atoms with Crippen molar-refractivity contribution in [2.24, 2.45) is 0 Å². The molecule has 7 heteroatoms. The lowest BCUT2D eigenvalue weighted by molar-refractivity contribution is -0.144. The molecule has 0 saturated carbocycles. The van der Waals surface area contributed by atoms with Gasteiger partial charge in [0.2, 0.25) is 5.91 Å². The number of carboxylic acid groups (broad SMARTS) is 1. The number of hydrogen-bond acceptors (Lipinski definition) is 5. The second-order valence-electron chi connectivity index (χ2n) is 5.68. The van der Waals surface area contributed by atoms with Crippen LogP contribution in [0.25, 0.3) is 0 Å². The molecule has 0 spiro atoms. The summed E-state index contributed by atoms with van der Waals surface area (Å²) in [5.74, 6) is -0.404. The van der Waals surface area contributed by atoms with Crippen molar-refractivity contribution in [1.29, 1.82) is 0 Å². The van der Waals surface area contributed by atoms with Crippen molar-refractivity contribution in [3.05, 3.63) is 23.8 Å². The van der Waals surface area contributed by atoms with Crippen LogP contribution in [0.5, 0.6) is 11.5 Å². The molecule has 0 aromatic heterocycles. The molecule has 0 aliphatic rings. The summed E-state index contributed by atoms with van der Waals surface area (Å²) in [4.78, 5) is 24.3. The Bertz CT molecular complexity index is 597. The van der Waals surface area contributed by atoms with Crippen LogP contribution in [0.2, 0.25) is 0 Å². The Morgan fingerprint density at radius 1 is 1.12 bits per heavy atom. The van der Waals surface area contributed by atoms with Crippen molar-refractivity contribution < 1.29 is 28.9 Å². The van der Waals surface area contributed by atoms with E-state index >= 15 is 0 Å². The van der Waals surface area contributed by atoms with Crippen LogP contribution >= 0.6 is 0 Å². The maximum Gasteiger partial charge on any atom is 0.328 e. The van der Waals surface area contributed by atoms with Gasteiger partial charge < -0.3 is 24.6 Å². The van der Waals surface area contributed by atoms with E-state index in [9.17, 15) is 14.7 Å². The maximum absolute atomic E-state index is 13.0. The first-order valence-corrected chi connectivity index (χ1v) is 8.15. The zero-order valence-corrected chi connectivity index (χ0v) is 15.4.